The lowest BCUT2D eigenvalue weighted by Gasteiger charge is -2.18. The maximum Gasteiger partial charge on any atom is 0.279 e. The van der Waals surface area contributed by atoms with Crippen molar-refractivity contribution in [3.8, 4) is 5.75 Å². The number of nitrogens with one attached hydrogen (secondary N) is 2. The zero-order chi connectivity index (χ0) is 14.3. The fourth-order valence-corrected chi connectivity index (χ4v) is 2.43. The van der Waals surface area contributed by atoms with E-state index < -0.39 is 10.2 Å². The lowest BCUT2D eigenvalue weighted by Crippen LogP contribution is -2.40. The standard InChI is InChI=1S/C12H21N3O3S/c1-13-7-8-14-19(16,17)15(2)10-11-5-4-6-12(9-11)18-3/h4-6,9,13-14H,7-8,10H2,1-3H3. The molecule has 0 atom stereocenters. The summed E-state index contributed by atoms with van der Waals surface area (Å²) in [5, 5.41) is 2.88. The van der Waals surface area contributed by atoms with Crippen LogP contribution in [0.3, 0.4) is 0 Å². The Balaban J connectivity index is 2.64. The van der Waals surface area contributed by atoms with Gasteiger partial charge in [-0.25, -0.2) is 4.72 Å². The van der Waals surface area contributed by atoms with E-state index in [1.807, 2.05) is 24.3 Å². The fourth-order valence-electron chi connectivity index (χ4n) is 1.53. The summed E-state index contributed by atoms with van der Waals surface area (Å²) in [6.45, 7) is 1.25. The van der Waals surface area contributed by atoms with Crippen LogP contribution >= 0.6 is 0 Å². The number of hydrogen-bond acceptors (Lipinski definition) is 4. The second-order valence-electron chi connectivity index (χ2n) is 4.11. The first-order chi connectivity index (χ1) is 8.99. The Kier molecular flexibility index (Phi) is 6.23. The Morgan fingerprint density at radius 2 is 2.05 bits per heavy atom. The molecule has 0 fully saturated rings. The van der Waals surface area contributed by atoms with Crippen LogP contribution in [0.4, 0.5) is 0 Å². The number of nitrogens with zero attached hydrogens (tertiary/aromatic N) is 1. The molecule has 0 saturated heterocycles. The number of ether oxygens (including phenoxy) is 1. The molecule has 1 rings (SSSR count). The van der Waals surface area contributed by atoms with Crippen LogP contribution in [0.5, 0.6) is 5.75 Å². The highest BCUT2D eigenvalue weighted by Crippen LogP contribution is 2.14. The molecule has 108 valence electrons. The molecule has 6 nitrogen and oxygen atoms in total. The average molecular weight is 287 g/mol. The molecule has 0 aromatic heterocycles. The monoisotopic (exact) mass is 287 g/mol. The van der Waals surface area contributed by atoms with E-state index in [9.17, 15) is 8.42 Å². The van der Waals surface area contributed by atoms with Crippen LogP contribution in [0.2, 0.25) is 0 Å². The van der Waals surface area contributed by atoms with E-state index >= 15 is 0 Å². The lowest BCUT2D eigenvalue weighted by molar-refractivity contribution is 0.412. The van der Waals surface area contributed by atoms with Crippen LogP contribution in [-0.4, -0.2) is 47.0 Å². The second-order valence-corrected chi connectivity index (χ2v) is 5.97. The van der Waals surface area contributed by atoms with Crippen LogP contribution in [0.1, 0.15) is 5.56 Å². The number of rotatable bonds is 8. The van der Waals surface area contributed by atoms with Crippen LogP contribution in [0.25, 0.3) is 0 Å². The molecule has 0 unspecified atom stereocenters. The molecule has 2 N–H and O–H groups in total. The van der Waals surface area contributed by atoms with Crippen molar-refractivity contribution in [2.24, 2.45) is 0 Å². The van der Waals surface area contributed by atoms with Gasteiger partial charge in [-0.1, -0.05) is 12.1 Å². The Labute approximate surface area is 114 Å². The molecule has 0 bridgehead atoms. The third-order valence-electron chi connectivity index (χ3n) is 2.61. The van der Waals surface area contributed by atoms with Crippen LogP contribution in [0, 0.1) is 0 Å². The first-order valence-electron chi connectivity index (χ1n) is 5.98. The third-order valence-corrected chi connectivity index (χ3v) is 4.13. The van der Waals surface area contributed by atoms with E-state index in [2.05, 4.69) is 10.0 Å². The van der Waals surface area contributed by atoms with Crippen molar-refractivity contribution >= 4 is 10.2 Å². The topological polar surface area (TPSA) is 70.7 Å². The molecule has 0 heterocycles. The predicted molar refractivity (Wildman–Crippen MR) is 75.3 cm³/mol. The van der Waals surface area contributed by atoms with E-state index in [4.69, 9.17) is 4.74 Å². The summed E-state index contributed by atoms with van der Waals surface area (Å²) in [7, 11) is 1.45. The minimum absolute atomic E-state index is 0.298. The van der Waals surface area contributed by atoms with Crippen molar-refractivity contribution < 1.29 is 13.2 Å². The highest BCUT2D eigenvalue weighted by atomic mass is 32.2. The maximum atomic E-state index is 11.9. The van der Waals surface area contributed by atoms with Crippen LogP contribution < -0.4 is 14.8 Å². The molecule has 0 aliphatic rings. The second kappa shape index (κ2) is 7.44. The molecule has 0 aliphatic heterocycles. The summed E-state index contributed by atoms with van der Waals surface area (Å²) >= 11 is 0. The van der Waals surface area contributed by atoms with Gasteiger partial charge < -0.3 is 10.1 Å². The van der Waals surface area contributed by atoms with Gasteiger partial charge in [0.2, 0.25) is 0 Å². The zero-order valence-corrected chi connectivity index (χ0v) is 12.3. The minimum Gasteiger partial charge on any atom is -0.497 e. The Morgan fingerprint density at radius 3 is 2.68 bits per heavy atom. The normalized spacial score (nSPS) is 11.8. The van der Waals surface area contributed by atoms with Gasteiger partial charge in [-0.15, -0.1) is 0 Å². The predicted octanol–water partition coefficient (Wildman–Crippen LogP) is 0.181. The van der Waals surface area contributed by atoms with Crippen LogP contribution in [0.15, 0.2) is 24.3 Å². The molecule has 0 saturated carbocycles. The molecule has 0 aliphatic carbocycles. The van der Waals surface area contributed by atoms with Crippen LogP contribution in [-0.2, 0) is 16.8 Å². The van der Waals surface area contributed by atoms with Gasteiger partial charge in [-0.2, -0.15) is 12.7 Å². The quantitative estimate of drug-likeness (QED) is 0.669. The highest BCUT2D eigenvalue weighted by Gasteiger charge is 2.16. The van der Waals surface area contributed by atoms with Gasteiger partial charge in [0.25, 0.3) is 10.2 Å². The third kappa shape index (κ3) is 5.15. The molecule has 1 aromatic carbocycles. The first-order valence-corrected chi connectivity index (χ1v) is 7.42. The van der Waals surface area contributed by atoms with Gasteiger partial charge in [-0.05, 0) is 24.7 Å². The molecular weight excluding hydrogens is 266 g/mol. The molecule has 7 heteroatoms. The van der Waals surface area contributed by atoms with Crippen molar-refractivity contribution in [1.82, 2.24) is 14.3 Å². The van der Waals surface area contributed by atoms with Gasteiger partial charge in [0.1, 0.15) is 5.75 Å². The molecule has 19 heavy (non-hydrogen) atoms. The smallest absolute Gasteiger partial charge is 0.279 e. The summed E-state index contributed by atoms with van der Waals surface area (Å²) in [6, 6.07) is 7.34. The molecule has 1 aromatic rings. The summed E-state index contributed by atoms with van der Waals surface area (Å²) in [5.74, 6) is 0.714. The number of hydrogen-bond donors (Lipinski definition) is 2. The summed E-state index contributed by atoms with van der Waals surface area (Å²) in [5.41, 5.74) is 0.876. The van der Waals surface area contributed by atoms with Crippen molar-refractivity contribution in [2.75, 3.05) is 34.3 Å². The van der Waals surface area contributed by atoms with Gasteiger partial charge in [0.05, 0.1) is 7.11 Å². The first kappa shape index (κ1) is 15.9. The molecule has 0 amide bonds. The summed E-state index contributed by atoms with van der Waals surface area (Å²) in [4.78, 5) is 0. The summed E-state index contributed by atoms with van der Waals surface area (Å²) in [6.07, 6.45) is 0. The molecular formula is C12H21N3O3S. The number of methoxy groups -OCH3 is 1. The average Bonchev–Trinajstić information content (AvgIpc) is 2.39. The van der Waals surface area contributed by atoms with Crippen molar-refractivity contribution in [2.45, 2.75) is 6.54 Å². The van der Waals surface area contributed by atoms with Gasteiger partial charge in [-0.3, -0.25) is 0 Å². The SMILES string of the molecule is CNCCNS(=O)(=O)N(C)Cc1cccc(OC)c1. The van der Waals surface area contributed by atoms with Crippen molar-refractivity contribution in [3.05, 3.63) is 29.8 Å². The maximum absolute atomic E-state index is 11.9. The van der Waals surface area contributed by atoms with E-state index in [0.29, 0.717) is 25.4 Å². The van der Waals surface area contributed by atoms with Crippen molar-refractivity contribution in [3.63, 3.8) is 0 Å². The largest absolute Gasteiger partial charge is 0.497 e. The van der Waals surface area contributed by atoms with E-state index in [1.165, 1.54) is 4.31 Å². The molecule has 0 radical (unpaired) electrons. The van der Waals surface area contributed by atoms with E-state index in [0.717, 1.165) is 5.56 Å². The van der Waals surface area contributed by atoms with Gasteiger partial charge in [0, 0.05) is 26.7 Å². The number of likely N-dealkylation sites (N-methyl/N-ethyl adjacent to an activating group) is 1. The summed E-state index contributed by atoms with van der Waals surface area (Å²) < 4.78 is 32.7. The van der Waals surface area contributed by atoms with Gasteiger partial charge >= 0.3 is 0 Å². The zero-order valence-electron chi connectivity index (χ0n) is 11.5. The Morgan fingerprint density at radius 1 is 1.32 bits per heavy atom. The van der Waals surface area contributed by atoms with E-state index in [1.54, 1.807) is 21.2 Å². The minimum atomic E-state index is -3.45. The Bertz CT molecular complexity index is 491. The number of benzene rings is 1. The van der Waals surface area contributed by atoms with E-state index in [-0.39, 0.29) is 0 Å². The van der Waals surface area contributed by atoms with Gasteiger partial charge in [0.15, 0.2) is 0 Å². The Hall–Kier alpha value is -1.15. The fraction of sp³-hybridized carbons (Fsp3) is 0.500. The van der Waals surface area contributed by atoms with Crippen molar-refractivity contribution in [1.29, 1.82) is 0 Å². The highest BCUT2D eigenvalue weighted by molar-refractivity contribution is 7.87. The molecule has 0 spiro atoms. The lowest BCUT2D eigenvalue weighted by atomic mass is 10.2.